The van der Waals surface area contributed by atoms with E-state index in [1.807, 2.05) is 0 Å². The zero-order valence-electron chi connectivity index (χ0n) is 17.6. The van der Waals surface area contributed by atoms with Gasteiger partial charge in [0.15, 0.2) is 6.61 Å². The molecule has 0 unspecified atom stereocenters. The van der Waals surface area contributed by atoms with E-state index in [0.717, 1.165) is 12.1 Å². The minimum atomic E-state index is -4.45. The van der Waals surface area contributed by atoms with Crippen LogP contribution in [0.25, 0.3) is 5.69 Å². The molecule has 0 radical (unpaired) electrons. The van der Waals surface area contributed by atoms with Crippen LogP contribution in [0.4, 0.5) is 18.9 Å². The summed E-state index contributed by atoms with van der Waals surface area (Å²) < 4.78 is 46.0. The first-order valence-corrected chi connectivity index (χ1v) is 9.62. The highest BCUT2D eigenvalue weighted by Gasteiger charge is 2.30. The van der Waals surface area contributed by atoms with Crippen molar-refractivity contribution in [3.8, 4) is 11.4 Å². The van der Waals surface area contributed by atoms with Gasteiger partial charge in [0.2, 0.25) is 0 Å². The van der Waals surface area contributed by atoms with Gasteiger partial charge in [-0.1, -0.05) is 6.07 Å². The lowest BCUT2D eigenvalue weighted by Gasteiger charge is -2.13. The maximum absolute atomic E-state index is 13.0. The van der Waals surface area contributed by atoms with E-state index >= 15 is 0 Å². The van der Waals surface area contributed by atoms with Crippen LogP contribution in [0.3, 0.4) is 0 Å². The second kappa shape index (κ2) is 9.55. The summed E-state index contributed by atoms with van der Waals surface area (Å²) in [5.74, 6) is -0.277. The second-order valence-electron chi connectivity index (χ2n) is 7.04. The molecular weight excluding hydrogens is 441 g/mol. The fraction of sp³-hybridized carbons (Fsp3) is 0.182. The van der Waals surface area contributed by atoms with Crippen molar-refractivity contribution < 1.29 is 27.6 Å². The summed E-state index contributed by atoms with van der Waals surface area (Å²) in [5.41, 5.74) is 3.76. The predicted molar refractivity (Wildman–Crippen MR) is 115 cm³/mol. The van der Waals surface area contributed by atoms with Gasteiger partial charge in [0.1, 0.15) is 5.75 Å². The largest absolute Gasteiger partial charge is 0.484 e. The zero-order valence-corrected chi connectivity index (χ0v) is 17.6. The molecule has 3 aromatic rings. The molecule has 0 bridgehead atoms. The molecule has 172 valence electrons. The zero-order chi connectivity index (χ0) is 24.2. The Balaban J connectivity index is 1.64. The number of nitrogens with zero attached hydrogens (tertiary/aromatic N) is 3. The Morgan fingerprint density at radius 3 is 2.52 bits per heavy atom. The molecule has 0 aliphatic rings. The molecule has 0 aliphatic carbocycles. The number of alkyl halides is 3. The van der Waals surface area contributed by atoms with E-state index in [1.54, 1.807) is 30.5 Å². The van der Waals surface area contributed by atoms with Crippen LogP contribution >= 0.6 is 0 Å². The van der Waals surface area contributed by atoms with Crippen LogP contribution < -0.4 is 10.2 Å². The monoisotopic (exact) mass is 460 g/mol. The van der Waals surface area contributed by atoms with Crippen LogP contribution in [0, 0.1) is 24.0 Å². The first-order chi connectivity index (χ1) is 15.6. The highest BCUT2D eigenvalue weighted by molar-refractivity contribution is 5.84. The lowest BCUT2D eigenvalue weighted by molar-refractivity contribution is -0.384. The van der Waals surface area contributed by atoms with Gasteiger partial charge < -0.3 is 9.30 Å². The molecule has 1 N–H and O–H groups in total. The lowest BCUT2D eigenvalue weighted by Crippen LogP contribution is -2.24. The third kappa shape index (κ3) is 5.76. The van der Waals surface area contributed by atoms with Crippen molar-refractivity contribution in [3.63, 3.8) is 0 Å². The van der Waals surface area contributed by atoms with Crippen molar-refractivity contribution in [1.29, 1.82) is 0 Å². The number of aromatic nitrogens is 1. The summed E-state index contributed by atoms with van der Waals surface area (Å²) in [4.78, 5) is 22.0. The number of hydrazone groups is 1. The molecule has 1 heterocycles. The van der Waals surface area contributed by atoms with E-state index in [0.29, 0.717) is 22.6 Å². The highest BCUT2D eigenvalue weighted by atomic mass is 19.4. The summed E-state index contributed by atoms with van der Waals surface area (Å²) in [7, 11) is 0. The van der Waals surface area contributed by atoms with Crippen LogP contribution in [0.1, 0.15) is 22.5 Å². The van der Waals surface area contributed by atoms with Crippen molar-refractivity contribution in [2.24, 2.45) is 5.10 Å². The molecule has 0 saturated heterocycles. The average Bonchev–Trinajstić information content (AvgIpc) is 3.05. The molecule has 8 nitrogen and oxygen atoms in total. The van der Waals surface area contributed by atoms with Gasteiger partial charge in [0.05, 0.1) is 16.7 Å². The quantitative estimate of drug-likeness (QED) is 0.318. The molecular formula is C22H19F3N4O4. The fourth-order valence-corrected chi connectivity index (χ4v) is 3.16. The Labute approximate surface area is 186 Å². The smallest absolute Gasteiger partial charge is 0.416 e. The van der Waals surface area contributed by atoms with Crippen LogP contribution in [0.15, 0.2) is 59.7 Å². The van der Waals surface area contributed by atoms with E-state index < -0.39 is 22.6 Å². The summed E-state index contributed by atoms with van der Waals surface area (Å²) in [5, 5.41) is 14.5. The predicted octanol–water partition coefficient (Wildman–Crippen LogP) is 4.55. The van der Waals surface area contributed by atoms with Crippen molar-refractivity contribution in [3.05, 3.63) is 87.2 Å². The van der Waals surface area contributed by atoms with Crippen LogP contribution in [-0.2, 0) is 11.0 Å². The van der Waals surface area contributed by atoms with E-state index in [-0.39, 0.29) is 18.0 Å². The van der Waals surface area contributed by atoms with Gasteiger partial charge in [0, 0.05) is 34.8 Å². The number of benzene rings is 2. The average molecular weight is 460 g/mol. The molecule has 11 heteroatoms. The minimum absolute atomic E-state index is 0.0980. The maximum atomic E-state index is 13.0. The number of nitrogens with one attached hydrogen (secondary N) is 1. The molecule has 3 rings (SSSR count). The van der Waals surface area contributed by atoms with Crippen molar-refractivity contribution in [2.45, 2.75) is 20.0 Å². The standard InChI is InChI=1S/C22H19F3N4O4/c1-14-10-16(15(2)28(14)19-5-3-4-17(11-19)22(23,24)25)12-26-27-21(30)13-33-20-8-6-18(7-9-20)29(31)32/h3-12H,13H2,1-2H3,(H,27,30). The van der Waals surface area contributed by atoms with Gasteiger partial charge in [-0.3, -0.25) is 14.9 Å². The number of carbonyl (C=O) groups is 1. The van der Waals surface area contributed by atoms with E-state index in [4.69, 9.17) is 4.74 Å². The molecule has 0 aliphatic heterocycles. The molecule has 0 fully saturated rings. The molecule has 33 heavy (non-hydrogen) atoms. The number of amides is 1. The van der Waals surface area contributed by atoms with Crippen LogP contribution in [0.2, 0.25) is 0 Å². The topological polar surface area (TPSA) is 98.8 Å². The number of nitro benzene ring substituents is 1. The Hall–Kier alpha value is -4.15. The Bertz CT molecular complexity index is 1200. The number of hydrogen-bond donors (Lipinski definition) is 1. The van der Waals surface area contributed by atoms with Crippen LogP contribution in [0.5, 0.6) is 5.75 Å². The maximum Gasteiger partial charge on any atom is 0.416 e. The number of ether oxygens (including phenoxy) is 1. The Kier molecular flexibility index (Phi) is 6.80. The van der Waals surface area contributed by atoms with Gasteiger partial charge >= 0.3 is 6.18 Å². The van der Waals surface area contributed by atoms with Crippen LogP contribution in [-0.4, -0.2) is 28.2 Å². The molecule has 1 aromatic heterocycles. The van der Waals surface area contributed by atoms with Crippen molar-refractivity contribution >= 4 is 17.8 Å². The number of halogens is 3. The highest BCUT2D eigenvalue weighted by Crippen LogP contribution is 2.31. The Morgan fingerprint density at radius 2 is 1.88 bits per heavy atom. The van der Waals surface area contributed by atoms with Gasteiger partial charge in [-0.15, -0.1) is 0 Å². The number of nitro groups is 1. The van der Waals surface area contributed by atoms with Gasteiger partial charge in [-0.05, 0) is 50.2 Å². The van der Waals surface area contributed by atoms with Gasteiger partial charge in [0.25, 0.3) is 11.6 Å². The normalized spacial score (nSPS) is 11.5. The number of aryl methyl sites for hydroxylation is 1. The van der Waals surface area contributed by atoms with E-state index in [2.05, 4.69) is 10.5 Å². The minimum Gasteiger partial charge on any atom is -0.484 e. The summed E-state index contributed by atoms with van der Waals surface area (Å²) in [6, 6.07) is 12.0. The summed E-state index contributed by atoms with van der Waals surface area (Å²) >= 11 is 0. The first kappa shape index (κ1) is 23.5. The van der Waals surface area contributed by atoms with E-state index in [1.165, 1.54) is 36.5 Å². The number of hydrogen-bond acceptors (Lipinski definition) is 5. The van der Waals surface area contributed by atoms with Gasteiger partial charge in [-0.25, -0.2) is 5.43 Å². The Morgan fingerprint density at radius 1 is 1.18 bits per heavy atom. The van der Waals surface area contributed by atoms with E-state index in [9.17, 15) is 28.1 Å². The molecule has 0 atom stereocenters. The number of rotatable bonds is 7. The third-order valence-electron chi connectivity index (χ3n) is 4.71. The number of carbonyl (C=O) groups excluding carboxylic acids is 1. The summed E-state index contributed by atoms with van der Waals surface area (Å²) in [6.45, 7) is 3.12. The molecule has 0 saturated carbocycles. The second-order valence-corrected chi connectivity index (χ2v) is 7.04. The SMILES string of the molecule is Cc1cc(C=NNC(=O)COc2ccc([N+](=O)[O-])cc2)c(C)n1-c1cccc(C(F)(F)F)c1. The lowest BCUT2D eigenvalue weighted by atomic mass is 10.2. The number of non-ortho nitro benzene ring substituents is 1. The first-order valence-electron chi connectivity index (χ1n) is 9.62. The third-order valence-corrected chi connectivity index (χ3v) is 4.71. The summed E-state index contributed by atoms with van der Waals surface area (Å²) in [6.07, 6.45) is -3.06. The molecule has 2 aromatic carbocycles. The molecule has 0 spiro atoms. The van der Waals surface area contributed by atoms with Gasteiger partial charge in [-0.2, -0.15) is 18.3 Å². The fourth-order valence-electron chi connectivity index (χ4n) is 3.16. The molecule has 1 amide bonds. The van der Waals surface area contributed by atoms with Crippen molar-refractivity contribution in [1.82, 2.24) is 9.99 Å². The van der Waals surface area contributed by atoms with Crippen molar-refractivity contribution in [2.75, 3.05) is 6.61 Å².